The quantitative estimate of drug-likeness (QED) is 0.0679. The topological polar surface area (TPSA) is 304 Å². The molecule has 0 bridgehead atoms. The lowest BCUT2D eigenvalue weighted by atomic mass is 9.96. The third-order valence-corrected chi connectivity index (χ3v) is 7.94. The number of hydrogen-bond acceptors (Lipinski definition) is 18. The molecule has 3 aliphatic rings. The van der Waals surface area contributed by atoms with Crippen LogP contribution in [-0.4, -0.2) is 188 Å². The van der Waals surface area contributed by atoms with Crippen molar-refractivity contribution in [3.8, 4) is 0 Å². The van der Waals surface area contributed by atoms with E-state index in [1.807, 2.05) is 0 Å². The molecule has 0 aromatic carbocycles. The number of carbonyl (C=O) groups excluding carboxylic acids is 2. The number of aliphatic hydroxyl groups is 10. The monoisotopic (exact) mass is 673 g/mol. The van der Waals surface area contributed by atoms with Gasteiger partial charge in [0.2, 0.25) is 5.91 Å². The molecule has 3 heterocycles. The number of ether oxygens (including phenoxy) is 6. The van der Waals surface area contributed by atoms with Gasteiger partial charge >= 0.3 is 0 Å². The fourth-order valence-electron chi connectivity index (χ4n) is 5.18. The maximum atomic E-state index is 12.1. The first-order chi connectivity index (χ1) is 21.8. The largest absolute Gasteiger partial charge is 0.394 e. The van der Waals surface area contributed by atoms with Crippen molar-refractivity contribution in [2.45, 2.75) is 125 Å². The zero-order valence-corrected chi connectivity index (χ0v) is 25.3. The van der Waals surface area contributed by atoms with E-state index in [0.717, 1.165) is 0 Å². The normalized spacial score (nSPS) is 41.7. The van der Waals surface area contributed by atoms with Gasteiger partial charge in [-0.1, -0.05) is 0 Å². The Bertz CT molecular complexity index is 942. The second-order valence-corrected chi connectivity index (χ2v) is 11.5. The predicted octanol–water partition coefficient (Wildman–Crippen LogP) is -6.28. The third kappa shape index (κ3) is 10.0. The summed E-state index contributed by atoms with van der Waals surface area (Å²) in [7, 11) is 0. The van der Waals surface area contributed by atoms with Gasteiger partial charge in [0.25, 0.3) is 0 Å². The predicted molar refractivity (Wildman–Crippen MR) is 147 cm³/mol. The average Bonchev–Trinajstić information content (AvgIpc) is 3.03. The minimum atomic E-state index is -1.88. The van der Waals surface area contributed by atoms with Crippen molar-refractivity contribution in [2.75, 3.05) is 33.0 Å². The number of aliphatic hydroxyl groups excluding tert-OH is 10. The summed E-state index contributed by atoms with van der Waals surface area (Å²) in [6, 6.07) is 0. The molecule has 15 atom stereocenters. The van der Waals surface area contributed by atoms with Gasteiger partial charge in [-0.3, -0.25) is 4.79 Å². The standard InChI is InChI=1S/C27H47NO18/c1-11(31)4-2-3-5-15(32)28-6-7-41-26-23(40)24(46-27-22(39)20(37)17(34)13(9-30)44-27)18(35)14(45-26)10-42-25-21(38)19(36)16(33)12(8-29)43-25/h12-14,16-27,29-30,33-40H,2-10H2,1H3,(H,28,32)/t12-,13-,14-,16-,17-,18-,19+,20+,21+,22+,23+,24+,25+,26+,27-/m1/s1. The molecule has 3 saturated heterocycles. The van der Waals surface area contributed by atoms with E-state index in [9.17, 15) is 60.7 Å². The molecule has 11 N–H and O–H groups in total. The summed E-state index contributed by atoms with van der Waals surface area (Å²) in [5.41, 5.74) is 0. The van der Waals surface area contributed by atoms with E-state index >= 15 is 0 Å². The van der Waals surface area contributed by atoms with Crippen molar-refractivity contribution in [3.05, 3.63) is 0 Å². The molecule has 3 aliphatic heterocycles. The van der Waals surface area contributed by atoms with Gasteiger partial charge in [0.15, 0.2) is 18.9 Å². The van der Waals surface area contributed by atoms with Crippen molar-refractivity contribution >= 4 is 11.7 Å². The lowest BCUT2D eigenvalue weighted by molar-refractivity contribution is -0.366. The van der Waals surface area contributed by atoms with Crippen LogP contribution in [0.1, 0.15) is 32.6 Å². The molecule has 0 aliphatic carbocycles. The number of unbranched alkanes of at least 4 members (excludes halogenated alkanes) is 1. The Labute approximate surface area is 264 Å². The van der Waals surface area contributed by atoms with E-state index in [2.05, 4.69) is 5.32 Å². The number of amides is 1. The van der Waals surface area contributed by atoms with Gasteiger partial charge < -0.3 is 89.6 Å². The smallest absolute Gasteiger partial charge is 0.220 e. The van der Waals surface area contributed by atoms with Crippen LogP contribution in [0.4, 0.5) is 0 Å². The summed E-state index contributed by atoms with van der Waals surface area (Å²) >= 11 is 0. The zero-order valence-electron chi connectivity index (χ0n) is 25.3. The average molecular weight is 674 g/mol. The highest BCUT2D eigenvalue weighted by Gasteiger charge is 2.52. The highest BCUT2D eigenvalue weighted by Crippen LogP contribution is 2.31. The maximum Gasteiger partial charge on any atom is 0.220 e. The first-order valence-corrected chi connectivity index (χ1v) is 15.1. The van der Waals surface area contributed by atoms with E-state index in [1.54, 1.807) is 0 Å². The zero-order chi connectivity index (χ0) is 34.1. The van der Waals surface area contributed by atoms with Crippen LogP contribution in [0.15, 0.2) is 0 Å². The molecule has 0 radical (unpaired) electrons. The molecular formula is C27H47NO18. The molecule has 1 amide bonds. The van der Waals surface area contributed by atoms with Crippen molar-refractivity contribution in [2.24, 2.45) is 0 Å². The molecule has 0 aromatic heterocycles. The first-order valence-electron chi connectivity index (χ1n) is 15.1. The Morgan fingerprint density at radius 1 is 0.630 bits per heavy atom. The lowest BCUT2D eigenvalue weighted by Gasteiger charge is -2.46. The summed E-state index contributed by atoms with van der Waals surface area (Å²) in [5.74, 6) is -0.280. The second kappa shape index (κ2) is 18.3. The fraction of sp³-hybridized carbons (Fsp3) is 0.926. The van der Waals surface area contributed by atoms with Crippen LogP contribution in [0, 0.1) is 0 Å². The van der Waals surface area contributed by atoms with E-state index in [0.29, 0.717) is 19.3 Å². The first kappa shape index (κ1) is 38.9. The number of hydrogen-bond donors (Lipinski definition) is 11. The van der Waals surface area contributed by atoms with Gasteiger partial charge in [0, 0.05) is 19.4 Å². The number of Topliss-reactive ketones (excluding diaryl/α,β-unsaturated/α-hetero) is 1. The number of rotatable bonds is 16. The summed E-state index contributed by atoms with van der Waals surface area (Å²) < 4.78 is 33.0. The van der Waals surface area contributed by atoms with Crippen LogP contribution in [0.25, 0.3) is 0 Å². The second-order valence-electron chi connectivity index (χ2n) is 11.5. The molecule has 46 heavy (non-hydrogen) atoms. The van der Waals surface area contributed by atoms with E-state index < -0.39 is 112 Å². The SMILES string of the molecule is CC(=O)CCCCC(=O)NCCO[C@H]1O[C@H](CO[C@H]2O[C@H](CO)[C@@H](O)[C@H](O)[C@@H]2O)[C@@H](O)[C@H](O[C@H]2O[C@H](CO)[C@@H](O)[C@H](O)[C@@H]2O)[C@@H]1O. The van der Waals surface area contributed by atoms with Gasteiger partial charge in [-0.05, 0) is 19.8 Å². The minimum Gasteiger partial charge on any atom is -0.394 e. The number of nitrogens with one attached hydrogen (secondary N) is 1. The minimum absolute atomic E-state index is 0.0229. The molecule has 0 saturated carbocycles. The Morgan fingerprint density at radius 3 is 1.74 bits per heavy atom. The Hall–Kier alpha value is -1.50. The fourth-order valence-corrected chi connectivity index (χ4v) is 5.18. The van der Waals surface area contributed by atoms with E-state index in [4.69, 9.17) is 28.4 Å². The molecule has 0 spiro atoms. The van der Waals surface area contributed by atoms with Crippen molar-refractivity contribution in [3.63, 3.8) is 0 Å². The highest BCUT2D eigenvalue weighted by atomic mass is 16.7. The van der Waals surface area contributed by atoms with Crippen molar-refractivity contribution < 1.29 is 89.1 Å². The molecule has 3 fully saturated rings. The van der Waals surface area contributed by atoms with Gasteiger partial charge in [0.05, 0.1) is 26.4 Å². The molecule has 0 unspecified atom stereocenters. The lowest BCUT2D eigenvalue weighted by Crippen LogP contribution is -2.65. The summed E-state index contributed by atoms with van der Waals surface area (Å²) in [6.07, 6.45) is -23.2. The Kier molecular flexibility index (Phi) is 15.5. The van der Waals surface area contributed by atoms with Crippen molar-refractivity contribution in [1.82, 2.24) is 5.32 Å². The highest BCUT2D eigenvalue weighted by molar-refractivity contribution is 5.76. The third-order valence-electron chi connectivity index (χ3n) is 7.94. The summed E-state index contributed by atoms with van der Waals surface area (Å²) in [4.78, 5) is 23.1. The van der Waals surface area contributed by atoms with E-state index in [1.165, 1.54) is 6.92 Å². The summed E-state index contributed by atoms with van der Waals surface area (Å²) in [5, 5.41) is 105. The van der Waals surface area contributed by atoms with Crippen LogP contribution >= 0.6 is 0 Å². The molecular weight excluding hydrogens is 626 g/mol. The van der Waals surface area contributed by atoms with Crippen LogP contribution in [-0.2, 0) is 38.0 Å². The van der Waals surface area contributed by atoms with Gasteiger partial charge in [-0.25, -0.2) is 0 Å². The molecule has 19 heteroatoms. The van der Waals surface area contributed by atoms with Crippen LogP contribution in [0.3, 0.4) is 0 Å². The molecule has 0 aromatic rings. The number of carbonyl (C=O) groups is 2. The van der Waals surface area contributed by atoms with Gasteiger partial charge in [-0.2, -0.15) is 0 Å². The summed E-state index contributed by atoms with van der Waals surface area (Å²) in [6.45, 7) is -0.868. The maximum absolute atomic E-state index is 12.1. The van der Waals surface area contributed by atoms with Crippen LogP contribution in [0.5, 0.6) is 0 Å². The van der Waals surface area contributed by atoms with Crippen molar-refractivity contribution in [1.29, 1.82) is 0 Å². The Morgan fingerprint density at radius 2 is 1.15 bits per heavy atom. The number of ketones is 1. The Balaban J connectivity index is 1.67. The molecule has 268 valence electrons. The van der Waals surface area contributed by atoms with Gasteiger partial charge in [-0.15, -0.1) is 0 Å². The van der Waals surface area contributed by atoms with Crippen LogP contribution < -0.4 is 5.32 Å². The molecule has 19 nitrogen and oxygen atoms in total. The van der Waals surface area contributed by atoms with Gasteiger partial charge in [0.1, 0.15) is 79.0 Å². The van der Waals surface area contributed by atoms with Crippen LogP contribution in [0.2, 0.25) is 0 Å². The molecule has 3 rings (SSSR count). The van der Waals surface area contributed by atoms with E-state index in [-0.39, 0.29) is 31.3 Å².